The average molecular weight is 367 g/mol. The Balaban J connectivity index is 1.59. The molecule has 25 heavy (non-hydrogen) atoms. The van der Waals surface area contributed by atoms with Gasteiger partial charge >= 0.3 is 0 Å². The minimum atomic E-state index is -0.884. The van der Waals surface area contributed by atoms with Crippen LogP contribution in [0.3, 0.4) is 0 Å². The molecule has 2 rings (SSSR count). The van der Waals surface area contributed by atoms with Crippen molar-refractivity contribution >= 4 is 17.7 Å². The molecule has 0 saturated heterocycles. The van der Waals surface area contributed by atoms with Gasteiger partial charge in [0.15, 0.2) is 11.6 Å². The maximum atomic E-state index is 13.1. The van der Waals surface area contributed by atoms with Crippen LogP contribution in [0.1, 0.15) is 6.42 Å². The zero-order chi connectivity index (χ0) is 18.1. The van der Waals surface area contributed by atoms with Crippen molar-refractivity contribution in [3.05, 3.63) is 54.1 Å². The number of rotatable bonds is 9. The van der Waals surface area contributed by atoms with Crippen molar-refractivity contribution in [1.29, 1.82) is 0 Å². The Hall–Kier alpha value is -2.28. The fraction of sp³-hybridized carbons (Fsp3) is 0.278. The van der Waals surface area contributed by atoms with Crippen LogP contribution in [-0.2, 0) is 4.79 Å². The Morgan fingerprint density at radius 3 is 2.48 bits per heavy atom. The molecule has 0 aliphatic carbocycles. The molecule has 0 unspecified atom stereocenters. The second kappa shape index (κ2) is 9.88. The zero-order valence-electron chi connectivity index (χ0n) is 13.8. The number of thioether (sulfide) groups is 1. The van der Waals surface area contributed by atoms with Gasteiger partial charge < -0.3 is 14.8 Å². The predicted octanol–water partition coefficient (Wildman–Crippen LogP) is 3.65. The summed E-state index contributed by atoms with van der Waals surface area (Å²) >= 11 is 1.30. The lowest BCUT2D eigenvalue weighted by molar-refractivity contribution is -0.120. The molecule has 2 aromatic carbocycles. The van der Waals surface area contributed by atoms with E-state index in [0.717, 1.165) is 17.9 Å². The van der Waals surface area contributed by atoms with Gasteiger partial charge in [-0.3, -0.25) is 4.79 Å². The average Bonchev–Trinajstić information content (AvgIpc) is 2.62. The lowest BCUT2D eigenvalue weighted by Crippen LogP contribution is -2.28. The summed E-state index contributed by atoms with van der Waals surface area (Å²) < 4.78 is 36.4. The number of amides is 1. The van der Waals surface area contributed by atoms with E-state index in [0.29, 0.717) is 29.5 Å². The molecule has 0 aromatic heterocycles. The van der Waals surface area contributed by atoms with Gasteiger partial charge in [-0.1, -0.05) is 0 Å². The van der Waals surface area contributed by atoms with Gasteiger partial charge in [0.25, 0.3) is 0 Å². The van der Waals surface area contributed by atoms with Gasteiger partial charge in [0.2, 0.25) is 5.91 Å². The maximum Gasteiger partial charge on any atom is 0.220 e. The van der Waals surface area contributed by atoms with Crippen LogP contribution in [0.4, 0.5) is 8.78 Å². The van der Waals surface area contributed by atoms with Gasteiger partial charge in [0.05, 0.1) is 13.7 Å². The van der Waals surface area contributed by atoms with Crippen molar-refractivity contribution in [2.75, 3.05) is 26.0 Å². The van der Waals surface area contributed by atoms with Crippen molar-refractivity contribution < 1.29 is 23.0 Å². The topological polar surface area (TPSA) is 47.6 Å². The number of methoxy groups -OCH3 is 1. The van der Waals surface area contributed by atoms with Gasteiger partial charge in [0.1, 0.15) is 18.1 Å². The summed E-state index contributed by atoms with van der Waals surface area (Å²) in [5.41, 5.74) is 0. The first-order chi connectivity index (χ1) is 12.1. The molecule has 0 radical (unpaired) electrons. The number of nitrogens with one attached hydrogen (secondary N) is 1. The van der Waals surface area contributed by atoms with E-state index < -0.39 is 11.6 Å². The predicted molar refractivity (Wildman–Crippen MR) is 93.2 cm³/mol. The summed E-state index contributed by atoms with van der Waals surface area (Å²) in [6.45, 7) is 0.745. The SMILES string of the molecule is COc1ccc(OCCNC(=O)CCSc2ccc(F)c(F)c2)cc1. The zero-order valence-corrected chi connectivity index (χ0v) is 14.6. The second-order valence-corrected chi connectivity index (χ2v) is 6.22. The van der Waals surface area contributed by atoms with Crippen molar-refractivity contribution in [2.24, 2.45) is 0 Å². The van der Waals surface area contributed by atoms with Crippen LogP contribution in [0.2, 0.25) is 0 Å². The monoisotopic (exact) mass is 367 g/mol. The summed E-state index contributed by atoms with van der Waals surface area (Å²) in [7, 11) is 1.59. The van der Waals surface area contributed by atoms with Gasteiger partial charge in [0, 0.05) is 17.1 Å². The minimum Gasteiger partial charge on any atom is -0.497 e. The molecule has 2 aromatic rings. The van der Waals surface area contributed by atoms with E-state index >= 15 is 0 Å². The normalized spacial score (nSPS) is 10.4. The van der Waals surface area contributed by atoms with Crippen LogP contribution < -0.4 is 14.8 Å². The lowest BCUT2D eigenvalue weighted by atomic mass is 10.3. The maximum absolute atomic E-state index is 13.1. The van der Waals surface area contributed by atoms with Crippen molar-refractivity contribution in [2.45, 2.75) is 11.3 Å². The molecular formula is C18H19F2NO3S. The molecule has 7 heteroatoms. The largest absolute Gasteiger partial charge is 0.497 e. The van der Waals surface area contributed by atoms with Crippen molar-refractivity contribution in [3.8, 4) is 11.5 Å². The quantitative estimate of drug-likeness (QED) is 0.543. The molecule has 0 saturated carbocycles. The third-order valence-electron chi connectivity index (χ3n) is 3.24. The summed E-state index contributed by atoms with van der Waals surface area (Å²) in [6, 6.07) is 10.9. The molecule has 0 spiro atoms. The first-order valence-electron chi connectivity index (χ1n) is 7.70. The standard InChI is InChI=1S/C18H19F2NO3S/c1-23-13-2-4-14(5-3-13)24-10-9-21-18(22)8-11-25-15-6-7-16(19)17(20)12-15/h2-7,12H,8-11H2,1H3,(H,21,22). The molecule has 0 fully saturated rings. The van der Waals surface area contributed by atoms with E-state index in [1.807, 2.05) is 0 Å². The van der Waals surface area contributed by atoms with E-state index in [1.54, 1.807) is 31.4 Å². The number of carbonyl (C=O) groups is 1. The molecule has 4 nitrogen and oxygen atoms in total. The Bertz CT molecular complexity index is 695. The van der Waals surface area contributed by atoms with E-state index in [-0.39, 0.29) is 12.3 Å². The number of benzene rings is 2. The summed E-state index contributed by atoms with van der Waals surface area (Å²) in [5.74, 6) is 0.0524. The Morgan fingerprint density at radius 2 is 1.80 bits per heavy atom. The van der Waals surface area contributed by atoms with E-state index in [9.17, 15) is 13.6 Å². The summed E-state index contributed by atoms with van der Waals surface area (Å²) in [4.78, 5) is 12.3. The minimum absolute atomic E-state index is 0.117. The molecule has 0 aliphatic heterocycles. The van der Waals surface area contributed by atoms with Gasteiger partial charge in [-0.25, -0.2) is 8.78 Å². The smallest absolute Gasteiger partial charge is 0.220 e. The number of ether oxygens (including phenoxy) is 2. The molecule has 134 valence electrons. The Morgan fingerprint density at radius 1 is 1.08 bits per heavy atom. The first-order valence-corrected chi connectivity index (χ1v) is 8.68. The summed E-state index contributed by atoms with van der Waals surface area (Å²) in [5, 5.41) is 2.75. The molecule has 1 N–H and O–H groups in total. The van der Waals surface area contributed by atoms with Crippen LogP contribution in [-0.4, -0.2) is 31.9 Å². The Kier molecular flexibility index (Phi) is 7.53. The van der Waals surface area contributed by atoms with Crippen LogP contribution >= 0.6 is 11.8 Å². The highest BCUT2D eigenvalue weighted by Crippen LogP contribution is 2.21. The molecular weight excluding hydrogens is 348 g/mol. The molecule has 0 aliphatic rings. The third kappa shape index (κ3) is 6.62. The number of hydrogen-bond acceptors (Lipinski definition) is 4. The Labute approximate surface area is 149 Å². The van der Waals surface area contributed by atoms with E-state index in [4.69, 9.17) is 9.47 Å². The highest BCUT2D eigenvalue weighted by atomic mass is 32.2. The first kappa shape index (κ1) is 19.1. The van der Waals surface area contributed by atoms with Crippen LogP contribution in [0.5, 0.6) is 11.5 Å². The van der Waals surface area contributed by atoms with Gasteiger partial charge in [-0.05, 0) is 42.5 Å². The van der Waals surface area contributed by atoms with E-state index in [1.165, 1.54) is 17.8 Å². The lowest BCUT2D eigenvalue weighted by Gasteiger charge is -2.08. The van der Waals surface area contributed by atoms with Crippen LogP contribution in [0.25, 0.3) is 0 Å². The highest BCUT2D eigenvalue weighted by Gasteiger charge is 2.05. The van der Waals surface area contributed by atoms with E-state index in [2.05, 4.69) is 5.32 Å². The number of halogens is 2. The van der Waals surface area contributed by atoms with Gasteiger partial charge in [-0.2, -0.15) is 0 Å². The fourth-order valence-corrected chi connectivity index (χ4v) is 2.82. The molecule has 0 bridgehead atoms. The molecule has 0 heterocycles. The number of carbonyl (C=O) groups excluding carboxylic acids is 1. The number of hydrogen-bond donors (Lipinski definition) is 1. The summed E-state index contributed by atoms with van der Waals surface area (Å²) in [6.07, 6.45) is 0.284. The molecule has 0 atom stereocenters. The van der Waals surface area contributed by atoms with Crippen LogP contribution in [0.15, 0.2) is 47.4 Å². The fourth-order valence-electron chi connectivity index (χ4n) is 1.95. The molecule has 1 amide bonds. The van der Waals surface area contributed by atoms with Crippen LogP contribution in [0, 0.1) is 11.6 Å². The second-order valence-electron chi connectivity index (χ2n) is 5.05. The van der Waals surface area contributed by atoms with Crippen molar-refractivity contribution in [1.82, 2.24) is 5.32 Å². The third-order valence-corrected chi connectivity index (χ3v) is 4.24. The highest BCUT2D eigenvalue weighted by molar-refractivity contribution is 7.99. The van der Waals surface area contributed by atoms with Gasteiger partial charge in [-0.15, -0.1) is 11.8 Å². The van der Waals surface area contributed by atoms with Crippen molar-refractivity contribution in [3.63, 3.8) is 0 Å².